The van der Waals surface area contributed by atoms with E-state index in [0.29, 0.717) is 5.69 Å². The highest BCUT2D eigenvalue weighted by atomic mass is 16.6. The molecule has 0 spiro atoms. The predicted octanol–water partition coefficient (Wildman–Crippen LogP) is 5.27. The van der Waals surface area contributed by atoms with Crippen LogP contribution >= 0.6 is 0 Å². The maximum Gasteiger partial charge on any atom is 0.412 e. The van der Waals surface area contributed by atoms with E-state index in [9.17, 15) is 9.59 Å². The monoisotopic (exact) mass is 364 g/mol. The third-order valence-corrected chi connectivity index (χ3v) is 3.64. The number of ether oxygens (including phenoxy) is 2. The lowest BCUT2D eigenvalue weighted by Gasteiger charge is -2.29. The van der Waals surface area contributed by atoms with Crippen LogP contribution < -0.4 is 5.32 Å². The van der Waals surface area contributed by atoms with Crippen LogP contribution in [0.15, 0.2) is 18.2 Å². The molecule has 0 unspecified atom stereocenters. The van der Waals surface area contributed by atoms with E-state index in [4.69, 9.17) is 9.47 Å². The molecule has 2 amide bonds. The van der Waals surface area contributed by atoms with Gasteiger partial charge in [0.25, 0.3) is 0 Å². The zero-order valence-corrected chi connectivity index (χ0v) is 17.4. The summed E-state index contributed by atoms with van der Waals surface area (Å²) in [7, 11) is 1.69. The Hall–Kier alpha value is -2.24. The Morgan fingerprint density at radius 3 is 2.08 bits per heavy atom. The number of hydrogen-bond acceptors (Lipinski definition) is 4. The molecule has 0 aliphatic heterocycles. The van der Waals surface area contributed by atoms with Gasteiger partial charge in [-0.3, -0.25) is 5.32 Å². The molecule has 0 fully saturated rings. The summed E-state index contributed by atoms with van der Waals surface area (Å²) >= 11 is 0. The Morgan fingerprint density at radius 1 is 1.04 bits per heavy atom. The molecule has 0 bridgehead atoms. The second-order valence-corrected chi connectivity index (χ2v) is 8.47. The fourth-order valence-corrected chi connectivity index (χ4v) is 2.16. The smallest absolute Gasteiger partial charge is 0.412 e. The molecule has 0 heterocycles. The fraction of sp³-hybridized carbons (Fsp3) is 0.600. The number of carbonyl (C=O) groups is 2. The Kier molecular flexibility index (Phi) is 6.69. The van der Waals surface area contributed by atoms with Crippen molar-refractivity contribution in [2.75, 3.05) is 12.4 Å². The molecule has 6 nitrogen and oxygen atoms in total. The van der Waals surface area contributed by atoms with Crippen LogP contribution in [-0.2, 0) is 9.47 Å². The van der Waals surface area contributed by atoms with E-state index in [1.165, 1.54) is 4.90 Å². The summed E-state index contributed by atoms with van der Waals surface area (Å²) in [6.07, 6.45) is -0.905. The van der Waals surface area contributed by atoms with E-state index in [0.717, 1.165) is 11.1 Å². The van der Waals surface area contributed by atoms with Crippen LogP contribution in [0.4, 0.5) is 15.3 Å². The minimum atomic E-state index is -0.570. The molecular weight excluding hydrogens is 332 g/mol. The lowest BCUT2D eigenvalue weighted by molar-refractivity contribution is 0.0233. The van der Waals surface area contributed by atoms with Crippen molar-refractivity contribution >= 4 is 17.9 Å². The van der Waals surface area contributed by atoms with Crippen LogP contribution in [-0.4, -0.2) is 35.3 Å². The third kappa shape index (κ3) is 6.94. The predicted molar refractivity (Wildman–Crippen MR) is 103 cm³/mol. The molecule has 0 saturated carbocycles. The molecule has 1 atom stereocenters. The summed E-state index contributed by atoms with van der Waals surface area (Å²) in [4.78, 5) is 25.9. The summed E-state index contributed by atoms with van der Waals surface area (Å²) in [6, 6.07) is 5.47. The number of carbonyl (C=O) groups excluding carboxylic acids is 2. The highest BCUT2D eigenvalue weighted by Gasteiger charge is 2.24. The molecule has 26 heavy (non-hydrogen) atoms. The lowest BCUT2D eigenvalue weighted by atomic mass is 10.0. The van der Waals surface area contributed by atoms with E-state index in [2.05, 4.69) is 5.32 Å². The molecule has 0 aromatic heterocycles. The minimum Gasteiger partial charge on any atom is -0.444 e. The molecule has 6 heteroatoms. The molecule has 1 aromatic carbocycles. The molecule has 0 aliphatic carbocycles. The summed E-state index contributed by atoms with van der Waals surface area (Å²) in [5.41, 5.74) is 1.32. The fourth-order valence-electron chi connectivity index (χ4n) is 2.16. The highest BCUT2D eigenvalue weighted by Crippen LogP contribution is 2.26. The van der Waals surface area contributed by atoms with Gasteiger partial charge in [0.05, 0.1) is 6.04 Å². The van der Waals surface area contributed by atoms with Crippen LogP contribution in [0.5, 0.6) is 0 Å². The average Bonchev–Trinajstić information content (AvgIpc) is 2.44. The first kappa shape index (κ1) is 21.8. The summed E-state index contributed by atoms with van der Waals surface area (Å²) in [5, 5.41) is 2.77. The van der Waals surface area contributed by atoms with Gasteiger partial charge in [0.1, 0.15) is 11.2 Å². The molecule has 146 valence electrons. The average molecular weight is 364 g/mol. The van der Waals surface area contributed by atoms with Crippen molar-refractivity contribution in [3.8, 4) is 0 Å². The van der Waals surface area contributed by atoms with Crippen molar-refractivity contribution in [1.29, 1.82) is 0 Å². The van der Waals surface area contributed by atoms with Crippen molar-refractivity contribution in [2.45, 2.75) is 72.6 Å². The van der Waals surface area contributed by atoms with Gasteiger partial charge in [0.15, 0.2) is 0 Å². The van der Waals surface area contributed by atoms with E-state index >= 15 is 0 Å². The number of nitrogens with one attached hydrogen (secondary N) is 1. The summed E-state index contributed by atoms with van der Waals surface area (Å²) in [5.74, 6) is 0. The van der Waals surface area contributed by atoms with Crippen LogP contribution in [0.1, 0.15) is 65.6 Å². The van der Waals surface area contributed by atoms with Gasteiger partial charge in [-0.05, 0) is 72.6 Å². The number of benzene rings is 1. The van der Waals surface area contributed by atoms with Gasteiger partial charge in [0.2, 0.25) is 0 Å². The van der Waals surface area contributed by atoms with Gasteiger partial charge in [-0.15, -0.1) is 0 Å². The van der Waals surface area contributed by atoms with Crippen molar-refractivity contribution in [1.82, 2.24) is 4.90 Å². The number of aryl methyl sites for hydroxylation is 1. The molecule has 0 aliphatic rings. The van der Waals surface area contributed by atoms with Crippen LogP contribution in [0, 0.1) is 6.92 Å². The van der Waals surface area contributed by atoms with E-state index in [1.54, 1.807) is 7.05 Å². The SMILES string of the molecule is Cc1ccc([C@@H](C)N(C)C(=O)OC(C)(C)C)cc1NC(=O)OC(C)(C)C. The number of amides is 2. The molecule has 1 N–H and O–H groups in total. The molecule has 0 radical (unpaired) electrons. The van der Waals surface area contributed by atoms with Gasteiger partial charge in [-0.25, -0.2) is 9.59 Å². The number of anilines is 1. The van der Waals surface area contributed by atoms with Crippen LogP contribution in [0.25, 0.3) is 0 Å². The number of nitrogens with zero attached hydrogens (tertiary/aromatic N) is 1. The molecule has 1 aromatic rings. The van der Waals surface area contributed by atoms with E-state index < -0.39 is 23.4 Å². The Bertz CT molecular complexity index is 657. The zero-order chi connectivity index (χ0) is 20.3. The quantitative estimate of drug-likeness (QED) is 0.793. The largest absolute Gasteiger partial charge is 0.444 e. The summed E-state index contributed by atoms with van der Waals surface area (Å²) < 4.78 is 10.7. The lowest BCUT2D eigenvalue weighted by Crippen LogP contribution is -2.35. The Morgan fingerprint density at radius 2 is 1.58 bits per heavy atom. The Labute approximate surface area is 156 Å². The van der Waals surface area contributed by atoms with Gasteiger partial charge in [-0.2, -0.15) is 0 Å². The van der Waals surface area contributed by atoms with Crippen molar-refractivity contribution in [2.24, 2.45) is 0 Å². The summed E-state index contributed by atoms with van der Waals surface area (Å²) in [6.45, 7) is 14.7. The van der Waals surface area contributed by atoms with Crippen molar-refractivity contribution in [3.05, 3.63) is 29.3 Å². The first-order chi connectivity index (χ1) is 11.7. The Balaban J connectivity index is 2.94. The van der Waals surface area contributed by atoms with Gasteiger partial charge in [0, 0.05) is 12.7 Å². The van der Waals surface area contributed by atoms with Crippen LogP contribution in [0.2, 0.25) is 0 Å². The third-order valence-electron chi connectivity index (χ3n) is 3.64. The van der Waals surface area contributed by atoms with E-state index in [-0.39, 0.29) is 6.04 Å². The van der Waals surface area contributed by atoms with Crippen LogP contribution in [0.3, 0.4) is 0 Å². The standard InChI is InChI=1S/C20H32N2O4/c1-13-10-11-15(12-16(13)21-17(23)25-19(3,4)5)14(2)22(9)18(24)26-20(6,7)8/h10-12,14H,1-9H3,(H,21,23)/t14-/m1/s1. The maximum absolute atomic E-state index is 12.3. The second kappa shape index (κ2) is 7.98. The molecule has 0 saturated heterocycles. The topological polar surface area (TPSA) is 67.9 Å². The van der Waals surface area contributed by atoms with Gasteiger partial charge in [-0.1, -0.05) is 12.1 Å². The first-order valence-corrected chi connectivity index (χ1v) is 8.76. The first-order valence-electron chi connectivity index (χ1n) is 8.76. The number of hydrogen-bond donors (Lipinski definition) is 1. The van der Waals surface area contributed by atoms with Gasteiger partial charge >= 0.3 is 12.2 Å². The molecule has 1 rings (SSSR count). The molecular formula is C20H32N2O4. The minimum absolute atomic E-state index is 0.218. The van der Waals surface area contributed by atoms with Gasteiger partial charge < -0.3 is 14.4 Å². The number of rotatable bonds is 3. The highest BCUT2D eigenvalue weighted by molar-refractivity contribution is 5.86. The van der Waals surface area contributed by atoms with E-state index in [1.807, 2.05) is 73.6 Å². The van der Waals surface area contributed by atoms with Crippen molar-refractivity contribution < 1.29 is 19.1 Å². The van der Waals surface area contributed by atoms with Crippen molar-refractivity contribution in [3.63, 3.8) is 0 Å². The second-order valence-electron chi connectivity index (χ2n) is 8.47. The zero-order valence-electron chi connectivity index (χ0n) is 17.4. The normalized spacial score (nSPS) is 13.0. The maximum atomic E-state index is 12.3.